The summed E-state index contributed by atoms with van der Waals surface area (Å²) in [6.07, 6.45) is 10.3. The fourth-order valence-corrected chi connectivity index (χ4v) is 8.50. The number of benzene rings is 2. The highest BCUT2D eigenvalue weighted by Crippen LogP contribution is 2.64. The second-order valence-electron chi connectivity index (χ2n) is 12.5. The van der Waals surface area contributed by atoms with Crippen LogP contribution in [0.1, 0.15) is 47.6 Å². The van der Waals surface area contributed by atoms with Gasteiger partial charge in [-0.25, -0.2) is 0 Å². The first-order valence-corrected chi connectivity index (χ1v) is 14.8. The third-order valence-electron chi connectivity index (χ3n) is 10.4. The molecule has 1 amide bonds. The van der Waals surface area contributed by atoms with Gasteiger partial charge < -0.3 is 24.1 Å². The number of hydrogen-bond acceptors (Lipinski definition) is 6. The Kier molecular flexibility index (Phi) is 6.47. The second kappa shape index (κ2) is 10.1. The zero-order valence-corrected chi connectivity index (χ0v) is 24.1. The van der Waals surface area contributed by atoms with Crippen molar-refractivity contribution in [3.05, 3.63) is 89.4 Å². The van der Waals surface area contributed by atoms with Gasteiger partial charge in [0.15, 0.2) is 11.5 Å². The Labute approximate surface area is 242 Å². The number of carbonyl (C=O) groups is 1. The Hall–Kier alpha value is -3.55. The van der Waals surface area contributed by atoms with Crippen LogP contribution < -0.4 is 4.74 Å². The van der Waals surface area contributed by atoms with Crippen molar-refractivity contribution < 1.29 is 19.1 Å². The number of phenolic OH excluding ortho intramolecular Hbond substituents is 1. The van der Waals surface area contributed by atoms with E-state index >= 15 is 0 Å². The molecule has 2 bridgehead atoms. The molecule has 7 heteroatoms. The third-order valence-corrected chi connectivity index (χ3v) is 10.4. The molecule has 2 aliphatic carbocycles. The summed E-state index contributed by atoms with van der Waals surface area (Å²) in [5, 5.41) is 10.9. The van der Waals surface area contributed by atoms with Crippen molar-refractivity contribution in [2.24, 2.45) is 5.92 Å². The first-order valence-electron chi connectivity index (χ1n) is 14.8. The van der Waals surface area contributed by atoms with E-state index in [1.54, 1.807) is 30.7 Å². The van der Waals surface area contributed by atoms with Crippen molar-refractivity contribution in [2.45, 2.75) is 55.3 Å². The molecule has 1 aromatic heterocycles. The number of nitrogens with zero attached hydrogens (tertiary/aromatic N) is 3. The molecule has 1 spiro atoms. The Bertz CT molecular complexity index is 1450. The van der Waals surface area contributed by atoms with E-state index in [0.29, 0.717) is 23.8 Å². The maximum atomic E-state index is 13.4. The van der Waals surface area contributed by atoms with Gasteiger partial charge in [0.1, 0.15) is 6.10 Å². The van der Waals surface area contributed by atoms with Crippen molar-refractivity contribution in [3.63, 3.8) is 0 Å². The van der Waals surface area contributed by atoms with Gasteiger partial charge in [-0.1, -0.05) is 36.4 Å². The van der Waals surface area contributed by atoms with Crippen LogP contribution in [-0.4, -0.2) is 78.1 Å². The monoisotopic (exact) mass is 553 g/mol. The van der Waals surface area contributed by atoms with E-state index in [1.165, 1.54) is 16.7 Å². The number of rotatable bonds is 7. The SMILES string of the molecule is CN(C)C(CN1CC[C@]23c4c5ccc(O)c4O[C@H]2[C@H](N(C)C(=O)C=Cc2ccoc2)CC[C@H]3[C@H]1C5)c1ccccc1. The molecule has 1 unspecified atom stereocenters. The zero-order valence-electron chi connectivity index (χ0n) is 24.1. The Morgan fingerprint density at radius 1 is 1.15 bits per heavy atom. The molecule has 1 saturated heterocycles. The number of likely N-dealkylation sites (tertiary alicyclic amines) is 1. The molecule has 2 aromatic carbocycles. The number of ether oxygens (including phenoxy) is 1. The molecule has 6 atom stereocenters. The maximum absolute atomic E-state index is 13.4. The normalized spacial score (nSPS) is 28.9. The molecule has 1 saturated carbocycles. The number of furan rings is 1. The van der Waals surface area contributed by atoms with E-state index in [-0.39, 0.29) is 29.2 Å². The molecule has 7 rings (SSSR count). The highest BCUT2D eigenvalue weighted by atomic mass is 16.5. The summed E-state index contributed by atoms with van der Waals surface area (Å²) in [6.45, 7) is 1.94. The molecule has 7 nitrogen and oxygen atoms in total. The van der Waals surface area contributed by atoms with E-state index in [1.807, 2.05) is 18.0 Å². The highest BCUT2D eigenvalue weighted by molar-refractivity contribution is 5.91. The number of likely N-dealkylation sites (N-methyl/N-ethyl adjacent to an activating group) is 2. The summed E-state index contributed by atoms with van der Waals surface area (Å²) >= 11 is 0. The molecule has 3 aromatic rings. The largest absolute Gasteiger partial charge is 0.504 e. The van der Waals surface area contributed by atoms with Crippen LogP contribution in [0.2, 0.25) is 0 Å². The summed E-state index contributed by atoms with van der Waals surface area (Å²) in [6, 6.07) is 17.2. The standard InChI is InChI=1S/C34H39N3O4/c1-35(2)28(23-7-5-4-6-8-23)20-37-17-16-34-25-11-12-26(36(3)30(39)14-9-22-15-18-40-21-22)33(34)41-32-29(38)13-10-24(31(32)34)19-27(25)37/h4-10,13-15,18,21,25-28,33,38H,11-12,16-17,19-20H2,1-3H3/t25-,26+,27+,28?,33-,34-/m0/s1. The van der Waals surface area contributed by atoms with Gasteiger partial charge in [-0.3, -0.25) is 9.69 Å². The minimum atomic E-state index is -0.199. The zero-order chi connectivity index (χ0) is 28.3. The summed E-state index contributed by atoms with van der Waals surface area (Å²) in [4.78, 5) is 20.3. The quantitative estimate of drug-likeness (QED) is 0.421. The van der Waals surface area contributed by atoms with Crippen LogP contribution in [0.4, 0.5) is 0 Å². The number of carbonyl (C=O) groups excluding carboxylic acids is 1. The fourth-order valence-electron chi connectivity index (χ4n) is 8.50. The number of amides is 1. The molecular formula is C34H39N3O4. The lowest BCUT2D eigenvalue weighted by Crippen LogP contribution is -2.69. The van der Waals surface area contributed by atoms with Crippen LogP contribution in [0, 0.1) is 5.92 Å². The van der Waals surface area contributed by atoms with Crippen LogP contribution in [0.15, 0.2) is 71.6 Å². The van der Waals surface area contributed by atoms with Gasteiger partial charge in [0.05, 0.1) is 18.6 Å². The molecule has 1 N–H and O–H groups in total. The van der Waals surface area contributed by atoms with E-state index < -0.39 is 0 Å². The van der Waals surface area contributed by atoms with Crippen molar-refractivity contribution in [2.75, 3.05) is 34.2 Å². The number of phenols is 1. The van der Waals surface area contributed by atoms with Crippen molar-refractivity contribution in [3.8, 4) is 11.5 Å². The topological polar surface area (TPSA) is 69.4 Å². The smallest absolute Gasteiger partial charge is 0.246 e. The van der Waals surface area contributed by atoms with Crippen LogP contribution in [-0.2, 0) is 16.6 Å². The molecule has 0 radical (unpaired) electrons. The lowest BCUT2D eigenvalue weighted by molar-refractivity contribution is -0.135. The van der Waals surface area contributed by atoms with Crippen molar-refractivity contribution >= 4 is 12.0 Å². The van der Waals surface area contributed by atoms with Gasteiger partial charge in [0.2, 0.25) is 5.91 Å². The minimum absolute atomic E-state index is 0.0449. The fraction of sp³-hybridized carbons (Fsp3) is 0.441. The predicted octanol–water partition coefficient (Wildman–Crippen LogP) is 4.87. The highest BCUT2D eigenvalue weighted by Gasteiger charge is 2.66. The minimum Gasteiger partial charge on any atom is -0.504 e. The van der Waals surface area contributed by atoms with Gasteiger partial charge in [-0.2, -0.15) is 0 Å². The molecular weight excluding hydrogens is 514 g/mol. The second-order valence-corrected chi connectivity index (χ2v) is 12.5. The number of piperidine rings is 1. The Balaban J connectivity index is 1.22. The van der Waals surface area contributed by atoms with Gasteiger partial charge in [0, 0.05) is 48.3 Å². The van der Waals surface area contributed by atoms with Gasteiger partial charge in [0.25, 0.3) is 0 Å². The third kappa shape index (κ3) is 4.12. The number of hydrogen-bond donors (Lipinski definition) is 1. The molecule has 3 heterocycles. The summed E-state index contributed by atoms with van der Waals surface area (Å²) in [5.74, 6) is 1.24. The van der Waals surface area contributed by atoms with E-state index in [2.05, 4.69) is 60.3 Å². The van der Waals surface area contributed by atoms with Crippen LogP contribution >= 0.6 is 0 Å². The van der Waals surface area contributed by atoms with Gasteiger partial charge >= 0.3 is 0 Å². The van der Waals surface area contributed by atoms with Crippen molar-refractivity contribution in [1.82, 2.24) is 14.7 Å². The summed E-state index contributed by atoms with van der Waals surface area (Å²) in [5.41, 5.74) is 4.52. The average Bonchev–Trinajstić information content (AvgIpc) is 3.62. The summed E-state index contributed by atoms with van der Waals surface area (Å²) < 4.78 is 11.9. The molecule has 4 aliphatic rings. The van der Waals surface area contributed by atoms with Gasteiger partial charge in [-0.15, -0.1) is 0 Å². The average molecular weight is 554 g/mol. The maximum Gasteiger partial charge on any atom is 0.246 e. The molecule has 41 heavy (non-hydrogen) atoms. The van der Waals surface area contributed by atoms with E-state index in [4.69, 9.17) is 9.15 Å². The molecule has 214 valence electrons. The Morgan fingerprint density at radius 2 is 1.98 bits per heavy atom. The van der Waals surface area contributed by atoms with E-state index in [0.717, 1.165) is 44.3 Å². The lowest BCUT2D eigenvalue weighted by atomic mass is 9.51. The molecule has 2 aliphatic heterocycles. The van der Waals surface area contributed by atoms with Crippen LogP contribution in [0.25, 0.3) is 6.08 Å². The first kappa shape index (κ1) is 26.4. The lowest BCUT2D eigenvalue weighted by Gasteiger charge is -2.60. The van der Waals surface area contributed by atoms with Gasteiger partial charge in [-0.05, 0) is 81.6 Å². The predicted molar refractivity (Wildman–Crippen MR) is 158 cm³/mol. The molecule has 2 fully saturated rings. The van der Waals surface area contributed by atoms with Crippen LogP contribution in [0.5, 0.6) is 11.5 Å². The van der Waals surface area contributed by atoms with Crippen LogP contribution in [0.3, 0.4) is 0 Å². The first-order chi connectivity index (χ1) is 19.9. The Morgan fingerprint density at radius 3 is 2.73 bits per heavy atom. The van der Waals surface area contributed by atoms with Crippen molar-refractivity contribution in [1.29, 1.82) is 0 Å². The van der Waals surface area contributed by atoms with E-state index in [9.17, 15) is 9.90 Å². The summed E-state index contributed by atoms with van der Waals surface area (Å²) in [7, 11) is 6.25. The number of aromatic hydroxyl groups is 1.